The van der Waals surface area contributed by atoms with Gasteiger partial charge in [-0.2, -0.15) is 0 Å². The molecule has 2 aliphatic heterocycles. The molecule has 0 saturated carbocycles. The Morgan fingerprint density at radius 3 is 2.30 bits per heavy atom. The summed E-state index contributed by atoms with van der Waals surface area (Å²) < 4.78 is 0. The van der Waals surface area contributed by atoms with Crippen molar-refractivity contribution in [3.63, 3.8) is 0 Å². The van der Waals surface area contributed by atoms with Crippen LogP contribution in [0.5, 0.6) is 0 Å². The average Bonchev–Trinajstić information content (AvgIpc) is 3.02. The maximum Gasteiger partial charge on any atom is 0.256 e. The number of anilines is 1. The van der Waals surface area contributed by atoms with Crippen LogP contribution in [0, 0.1) is 5.41 Å². The third-order valence-corrected chi connectivity index (χ3v) is 5.59. The third-order valence-electron chi connectivity index (χ3n) is 5.34. The van der Waals surface area contributed by atoms with Crippen LogP contribution in [0.4, 0.5) is 5.69 Å². The molecule has 9 heteroatoms. The Kier molecular flexibility index (Phi) is 5.69. The highest BCUT2D eigenvalue weighted by Crippen LogP contribution is 2.38. The van der Waals surface area contributed by atoms with Gasteiger partial charge in [0.25, 0.3) is 11.8 Å². The maximum atomic E-state index is 12.4. The first-order chi connectivity index (χ1) is 12.8. The molecule has 1 aromatic carbocycles. The van der Waals surface area contributed by atoms with E-state index in [9.17, 15) is 24.6 Å². The zero-order valence-corrected chi connectivity index (χ0v) is 15.4. The minimum Gasteiger partial charge on any atom is -0.380 e. The van der Waals surface area contributed by atoms with Crippen LogP contribution >= 0.6 is 11.6 Å². The monoisotopic (exact) mass is 395 g/mol. The summed E-state index contributed by atoms with van der Waals surface area (Å²) in [6, 6.07) is 6.21. The van der Waals surface area contributed by atoms with Gasteiger partial charge in [0, 0.05) is 30.3 Å². The lowest BCUT2D eigenvalue weighted by molar-refractivity contribution is -0.154. The van der Waals surface area contributed by atoms with Gasteiger partial charge in [0.15, 0.2) is 12.2 Å². The van der Waals surface area contributed by atoms with Crippen LogP contribution in [-0.4, -0.2) is 64.7 Å². The van der Waals surface area contributed by atoms with Gasteiger partial charge in [-0.3, -0.25) is 14.4 Å². The summed E-state index contributed by atoms with van der Waals surface area (Å²) in [5, 5.41) is 25.9. The molecule has 0 bridgehead atoms. The normalized spacial score (nSPS) is 20.9. The molecule has 0 aliphatic carbocycles. The van der Waals surface area contributed by atoms with Gasteiger partial charge in [-0.25, -0.2) is 0 Å². The van der Waals surface area contributed by atoms with E-state index in [2.05, 4.69) is 10.6 Å². The Hall–Kier alpha value is -2.16. The summed E-state index contributed by atoms with van der Waals surface area (Å²) >= 11 is 5.77. The summed E-state index contributed by atoms with van der Waals surface area (Å²) in [5.41, 5.74) is -0.0537. The molecular weight excluding hydrogens is 374 g/mol. The third kappa shape index (κ3) is 4.07. The van der Waals surface area contributed by atoms with E-state index < -0.39 is 29.4 Å². The quantitative estimate of drug-likeness (QED) is 0.577. The number of hydrogen-bond acceptors (Lipinski definition) is 5. The van der Waals surface area contributed by atoms with Crippen molar-refractivity contribution in [1.29, 1.82) is 0 Å². The predicted octanol–water partition coefficient (Wildman–Crippen LogP) is 0.129. The molecular formula is C18H22ClN3O5. The Balaban J connectivity index is 1.55. The Morgan fingerprint density at radius 1 is 1.11 bits per heavy atom. The van der Waals surface area contributed by atoms with E-state index in [1.807, 2.05) is 0 Å². The molecule has 146 valence electrons. The lowest BCUT2D eigenvalue weighted by Crippen LogP contribution is -2.53. The van der Waals surface area contributed by atoms with Crippen LogP contribution in [-0.2, 0) is 14.4 Å². The van der Waals surface area contributed by atoms with Crippen molar-refractivity contribution < 1.29 is 24.6 Å². The van der Waals surface area contributed by atoms with Crippen molar-refractivity contribution in [1.82, 2.24) is 10.2 Å². The average molecular weight is 396 g/mol. The number of piperidine rings is 1. The summed E-state index contributed by atoms with van der Waals surface area (Å²) in [6.45, 7) is 1.24. The number of benzene rings is 1. The number of nitrogens with one attached hydrogen (secondary N) is 2. The van der Waals surface area contributed by atoms with Gasteiger partial charge in [-0.05, 0) is 43.5 Å². The molecule has 2 saturated heterocycles. The molecule has 27 heavy (non-hydrogen) atoms. The van der Waals surface area contributed by atoms with Crippen molar-refractivity contribution in [2.45, 2.75) is 31.5 Å². The van der Waals surface area contributed by atoms with E-state index in [1.165, 1.54) is 17.0 Å². The van der Waals surface area contributed by atoms with Crippen LogP contribution in [0.25, 0.3) is 0 Å². The standard InChI is InChI=1S/C18H22ClN3O5/c19-11-1-3-12(4-2-11)21-15(25)13(23)14(24)16(26)22-9-6-18(7-10-22)5-8-20-17(18)27/h1-4,13-14,23-24H,5-10H2,(H,20,27)(H,21,25)/t13-,14-/m1/s1. The second kappa shape index (κ2) is 7.84. The summed E-state index contributed by atoms with van der Waals surface area (Å²) in [4.78, 5) is 37.9. The number of rotatable bonds is 4. The molecule has 8 nitrogen and oxygen atoms in total. The van der Waals surface area contributed by atoms with E-state index in [1.54, 1.807) is 12.1 Å². The van der Waals surface area contributed by atoms with E-state index in [-0.39, 0.29) is 5.91 Å². The van der Waals surface area contributed by atoms with Gasteiger partial charge in [0.2, 0.25) is 5.91 Å². The number of hydrogen-bond donors (Lipinski definition) is 4. The predicted molar refractivity (Wildman–Crippen MR) is 98.0 cm³/mol. The molecule has 2 fully saturated rings. The largest absolute Gasteiger partial charge is 0.380 e. The van der Waals surface area contributed by atoms with Crippen molar-refractivity contribution in [3.05, 3.63) is 29.3 Å². The first-order valence-electron chi connectivity index (χ1n) is 8.82. The number of aliphatic hydroxyl groups excluding tert-OH is 2. The fourth-order valence-electron chi connectivity index (χ4n) is 3.56. The Labute approximate surface area is 161 Å². The van der Waals surface area contributed by atoms with Crippen molar-refractivity contribution in [3.8, 4) is 0 Å². The number of carbonyl (C=O) groups is 3. The number of amides is 3. The van der Waals surface area contributed by atoms with Crippen LogP contribution in [0.2, 0.25) is 5.02 Å². The molecule has 1 aromatic rings. The number of nitrogens with zero attached hydrogens (tertiary/aromatic N) is 1. The maximum absolute atomic E-state index is 12.4. The number of halogens is 1. The van der Waals surface area contributed by atoms with Crippen LogP contribution < -0.4 is 10.6 Å². The van der Waals surface area contributed by atoms with E-state index in [0.29, 0.717) is 43.2 Å². The minimum absolute atomic E-state index is 0.0116. The molecule has 3 amide bonds. The van der Waals surface area contributed by atoms with E-state index >= 15 is 0 Å². The molecule has 2 aliphatic rings. The zero-order valence-electron chi connectivity index (χ0n) is 14.7. The molecule has 2 atom stereocenters. The summed E-state index contributed by atoms with van der Waals surface area (Å²) in [7, 11) is 0. The van der Waals surface area contributed by atoms with Gasteiger partial charge < -0.3 is 25.7 Å². The molecule has 1 spiro atoms. The summed E-state index contributed by atoms with van der Waals surface area (Å²) in [5.74, 6) is -1.60. The van der Waals surface area contributed by atoms with Crippen LogP contribution in [0.3, 0.4) is 0 Å². The van der Waals surface area contributed by atoms with Gasteiger partial charge in [0.1, 0.15) is 0 Å². The van der Waals surface area contributed by atoms with Crippen LogP contribution in [0.15, 0.2) is 24.3 Å². The van der Waals surface area contributed by atoms with Crippen molar-refractivity contribution >= 4 is 35.0 Å². The molecule has 3 rings (SSSR count). The lowest BCUT2D eigenvalue weighted by Gasteiger charge is -2.38. The van der Waals surface area contributed by atoms with Gasteiger partial charge in [-0.15, -0.1) is 0 Å². The van der Waals surface area contributed by atoms with Gasteiger partial charge in [0.05, 0.1) is 5.41 Å². The van der Waals surface area contributed by atoms with Crippen molar-refractivity contribution in [2.75, 3.05) is 25.0 Å². The molecule has 2 heterocycles. The van der Waals surface area contributed by atoms with E-state index in [0.717, 1.165) is 6.42 Å². The van der Waals surface area contributed by atoms with E-state index in [4.69, 9.17) is 11.6 Å². The molecule has 4 N–H and O–H groups in total. The second-order valence-electron chi connectivity index (χ2n) is 7.00. The van der Waals surface area contributed by atoms with Crippen molar-refractivity contribution in [2.24, 2.45) is 5.41 Å². The first-order valence-corrected chi connectivity index (χ1v) is 9.20. The summed E-state index contributed by atoms with van der Waals surface area (Å²) in [6.07, 6.45) is -2.03. The lowest BCUT2D eigenvalue weighted by atomic mass is 9.77. The minimum atomic E-state index is -1.90. The Morgan fingerprint density at radius 2 is 1.74 bits per heavy atom. The van der Waals surface area contributed by atoms with Gasteiger partial charge >= 0.3 is 0 Å². The van der Waals surface area contributed by atoms with Crippen LogP contribution in [0.1, 0.15) is 19.3 Å². The first kappa shape index (κ1) is 19.6. The topological polar surface area (TPSA) is 119 Å². The number of likely N-dealkylation sites (tertiary alicyclic amines) is 1. The highest BCUT2D eigenvalue weighted by atomic mass is 35.5. The SMILES string of the molecule is O=C(Nc1ccc(Cl)cc1)[C@H](O)[C@@H](O)C(=O)N1CCC2(CCNC2=O)CC1. The highest BCUT2D eigenvalue weighted by molar-refractivity contribution is 6.30. The fourth-order valence-corrected chi connectivity index (χ4v) is 3.69. The fraction of sp³-hybridized carbons (Fsp3) is 0.500. The molecule has 0 aromatic heterocycles. The number of carbonyl (C=O) groups excluding carboxylic acids is 3. The highest BCUT2D eigenvalue weighted by Gasteiger charge is 2.46. The molecule has 0 radical (unpaired) electrons. The number of aliphatic hydroxyl groups is 2. The second-order valence-corrected chi connectivity index (χ2v) is 7.43. The Bertz CT molecular complexity index is 731. The smallest absolute Gasteiger partial charge is 0.256 e. The molecule has 0 unspecified atom stereocenters. The van der Waals surface area contributed by atoms with Gasteiger partial charge in [-0.1, -0.05) is 11.6 Å². The zero-order chi connectivity index (χ0) is 19.6.